The van der Waals surface area contributed by atoms with E-state index in [0.717, 1.165) is 0 Å². The minimum atomic E-state index is -0.930. The van der Waals surface area contributed by atoms with Crippen LogP contribution in [0.15, 0.2) is 36.4 Å². The molecule has 0 saturated carbocycles. The Morgan fingerprint density at radius 1 is 1.05 bits per heavy atom. The van der Waals surface area contributed by atoms with Crippen LogP contribution in [0, 0.1) is 25.5 Å². The second-order valence-corrected chi connectivity index (χ2v) is 4.49. The molecule has 2 aromatic rings. The molecule has 2 rings (SSSR count). The van der Waals surface area contributed by atoms with Gasteiger partial charge in [0.15, 0.2) is 0 Å². The Kier molecular flexibility index (Phi) is 6.11. The highest BCUT2D eigenvalue weighted by atomic mass is 35.5. The minimum Gasteiger partial charge on any atom is -0.508 e. The van der Waals surface area contributed by atoms with Crippen molar-refractivity contribution in [3.8, 4) is 11.5 Å². The molecule has 0 aliphatic carbocycles. The van der Waals surface area contributed by atoms with Crippen molar-refractivity contribution in [3.63, 3.8) is 0 Å². The fraction of sp³-hybridized carbons (Fsp3) is 0.133. The van der Waals surface area contributed by atoms with E-state index in [1.807, 2.05) is 0 Å². The lowest BCUT2D eigenvalue weighted by Crippen LogP contribution is -1.96. The van der Waals surface area contributed by atoms with Crippen molar-refractivity contribution in [1.82, 2.24) is 0 Å². The summed E-state index contributed by atoms with van der Waals surface area (Å²) in [5, 5.41) is 8.77. The summed E-state index contributed by atoms with van der Waals surface area (Å²) in [6.45, 7) is 3.18. The Balaban J connectivity index is 0.000000219. The largest absolute Gasteiger partial charge is 0.508 e. The minimum absolute atomic E-state index is 0.105. The third kappa shape index (κ3) is 5.79. The summed E-state index contributed by atoms with van der Waals surface area (Å²) in [6.07, 6.45) is 0. The van der Waals surface area contributed by atoms with Gasteiger partial charge in [-0.15, -0.1) is 0 Å². The average molecular weight is 315 g/mol. The summed E-state index contributed by atoms with van der Waals surface area (Å²) in [6, 6.07) is 7.89. The molecule has 0 fully saturated rings. The smallest absolute Gasteiger partial charge is 0.409 e. The molecule has 1 N–H and O–H groups in total. The number of ether oxygens (including phenoxy) is 1. The van der Waals surface area contributed by atoms with Gasteiger partial charge in [0.25, 0.3) is 0 Å². The van der Waals surface area contributed by atoms with Crippen molar-refractivity contribution in [2.24, 2.45) is 0 Å². The summed E-state index contributed by atoms with van der Waals surface area (Å²) in [5.41, 5.74) is -0.0542. The number of halogens is 3. The number of phenolic OH excluding ortho intramolecular Hbond substituents is 1. The number of aromatic hydroxyl groups is 1. The van der Waals surface area contributed by atoms with Crippen molar-refractivity contribution < 1.29 is 23.4 Å². The SMILES string of the molecule is Cc1cc(O)ccc1F.Cc1cc(OC(=O)Cl)ccc1F. The van der Waals surface area contributed by atoms with Crippen LogP contribution in [-0.2, 0) is 0 Å². The molecular weight excluding hydrogens is 302 g/mol. The summed E-state index contributed by atoms with van der Waals surface area (Å²) in [4.78, 5) is 10.3. The monoisotopic (exact) mass is 314 g/mol. The normalized spacial score (nSPS) is 9.57. The van der Waals surface area contributed by atoms with Crippen LogP contribution in [0.4, 0.5) is 13.6 Å². The molecule has 0 unspecified atom stereocenters. The van der Waals surface area contributed by atoms with E-state index in [1.165, 1.54) is 36.4 Å². The maximum atomic E-state index is 12.7. The lowest BCUT2D eigenvalue weighted by molar-refractivity contribution is 0.225. The highest BCUT2D eigenvalue weighted by Crippen LogP contribution is 2.16. The number of carbonyl (C=O) groups is 1. The number of hydrogen-bond donors (Lipinski definition) is 1. The molecule has 2 aromatic carbocycles. The molecule has 0 saturated heterocycles. The highest BCUT2D eigenvalue weighted by Gasteiger charge is 2.02. The Bertz CT molecular complexity index is 645. The van der Waals surface area contributed by atoms with Gasteiger partial charge in [-0.25, -0.2) is 13.6 Å². The van der Waals surface area contributed by atoms with Gasteiger partial charge in [0.2, 0.25) is 0 Å². The molecule has 0 aromatic heterocycles. The summed E-state index contributed by atoms with van der Waals surface area (Å²) in [7, 11) is 0. The second kappa shape index (κ2) is 7.59. The molecule has 0 atom stereocenters. The maximum absolute atomic E-state index is 12.7. The molecule has 0 amide bonds. The number of rotatable bonds is 1. The average Bonchev–Trinajstić information content (AvgIpc) is 2.39. The van der Waals surface area contributed by atoms with Crippen molar-refractivity contribution in [1.29, 1.82) is 0 Å². The van der Waals surface area contributed by atoms with Crippen molar-refractivity contribution >= 4 is 17.0 Å². The van der Waals surface area contributed by atoms with Gasteiger partial charge in [-0.1, -0.05) is 0 Å². The van der Waals surface area contributed by atoms with Gasteiger partial charge < -0.3 is 9.84 Å². The second-order valence-electron chi connectivity index (χ2n) is 4.18. The van der Waals surface area contributed by atoms with Crippen LogP contribution in [-0.4, -0.2) is 10.5 Å². The first-order chi connectivity index (χ1) is 9.79. The summed E-state index contributed by atoms with van der Waals surface area (Å²) < 4.78 is 29.6. The zero-order valence-electron chi connectivity index (χ0n) is 11.4. The van der Waals surface area contributed by atoms with E-state index in [0.29, 0.717) is 11.1 Å². The Labute approximate surface area is 125 Å². The van der Waals surface area contributed by atoms with Crippen LogP contribution in [0.2, 0.25) is 0 Å². The molecule has 0 aliphatic heterocycles. The number of carbonyl (C=O) groups excluding carboxylic acids is 1. The van der Waals surface area contributed by atoms with Crippen molar-refractivity contribution in [2.75, 3.05) is 0 Å². The molecule has 21 heavy (non-hydrogen) atoms. The van der Waals surface area contributed by atoms with Gasteiger partial charge in [-0.3, -0.25) is 0 Å². The first kappa shape index (κ1) is 16.9. The predicted octanol–water partition coefficient (Wildman–Crippen LogP) is 4.71. The number of benzene rings is 2. The quantitative estimate of drug-likeness (QED) is 0.775. The third-order valence-electron chi connectivity index (χ3n) is 2.47. The number of hydrogen-bond acceptors (Lipinski definition) is 3. The zero-order valence-corrected chi connectivity index (χ0v) is 12.1. The van der Waals surface area contributed by atoms with E-state index in [4.69, 9.17) is 16.7 Å². The van der Waals surface area contributed by atoms with Crippen molar-refractivity contribution in [2.45, 2.75) is 13.8 Å². The van der Waals surface area contributed by atoms with E-state index in [-0.39, 0.29) is 23.1 Å². The van der Waals surface area contributed by atoms with E-state index in [2.05, 4.69) is 4.74 Å². The number of aryl methyl sites for hydroxylation is 2. The fourth-order valence-electron chi connectivity index (χ4n) is 1.40. The molecule has 0 radical (unpaired) electrons. The van der Waals surface area contributed by atoms with Crippen LogP contribution in [0.25, 0.3) is 0 Å². The van der Waals surface area contributed by atoms with Gasteiger partial charge in [-0.05, 0) is 61.4 Å². The Hall–Kier alpha value is -2.14. The topological polar surface area (TPSA) is 46.5 Å². The van der Waals surface area contributed by atoms with E-state index < -0.39 is 5.43 Å². The standard InChI is InChI=1S/C8H6ClFO2.C7H7FO/c1-5-4-6(12-8(9)11)2-3-7(5)10;1-5-4-6(9)2-3-7(5)8/h2-4H,1H3;2-4,9H,1H3. The molecule has 0 aliphatic rings. The Morgan fingerprint density at radius 2 is 1.57 bits per heavy atom. The number of phenols is 1. The molecular formula is C15H13ClF2O3. The molecule has 0 spiro atoms. The fourth-order valence-corrected chi connectivity index (χ4v) is 1.49. The molecule has 3 nitrogen and oxygen atoms in total. The van der Waals surface area contributed by atoms with Crippen LogP contribution in [0.1, 0.15) is 11.1 Å². The molecule has 112 valence electrons. The van der Waals surface area contributed by atoms with Gasteiger partial charge in [0.05, 0.1) is 0 Å². The summed E-state index contributed by atoms with van der Waals surface area (Å²) >= 11 is 4.95. The first-order valence-electron chi connectivity index (χ1n) is 5.88. The summed E-state index contributed by atoms with van der Waals surface area (Å²) in [5.74, 6) is -0.278. The molecule has 0 heterocycles. The van der Waals surface area contributed by atoms with Gasteiger partial charge in [-0.2, -0.15) is 0 Å². The predicted molar refractivity (Wildman–Crippen MR) is 75.8 cm³/mol. The molecule has 6 heteroatoms. The Morgan fingerprint density at radius 3 is 2.00 bits per heavy atom. The van der Waals surface area contributed by atoms with Gasteiger partial charge in [0, 0.05) is 11.6 Å². The zero-order chi connectivity index (χ0) is 16.0. The van der Waals surface area contributed by atoms with Crippen molar-refractivity contribution in [3.05, 3.63) is 59.2 Å². The van der Waals surface area contributed by atoms with Gasteiger partial charge in [0.1, 0.15) is 23.1 Å². The lowest BCUT2D eigenvalue weighted by atomic mass is 10.2. The van der Waals surface area contributed by atoms with E-state index >= 15 is 0 Å². The van der Waals surface area contributed by atoms with Crippen LogP contribution < -0.4 is 4.74 Å². The van der Waals surface area contributed by atoms with Crippen LogP contribution in [0.3, 0.4) is 0 Å². The third-order valence-corrected chi connectivity index (χ3v) is 2.55. The van der Waals surface area contributed by atoms with Gasteiger partial charge >= 0.3 is 5.43 Å². The van der Waals surface area contributed by atoms with E-state index in [1.54, 1.807) is 13.8 Å². The first-order valence-corrected chi connectivity index (χ1v) is 6.26. The maximum Gasteiger partial charge on any atom is 0.409 e. The lowest BCUT2D eigenvalue weighted by Gasteiger charge is -2.00. The van der Waals surface area contributed by atoms with Crippen LogP contribution >= 0.6 is 11.6 Å². The highest BCUT2D eigenvalue weighted by molar-refractivity contribution is 6.61. The van der Waals surface area contributed by atoms with Crippen LogP contribution in [0.5, 0.6) is 11.5 Å². The van der Waals surface area contributed by atoms with E-state index in [9.17, 15) is 13.6 Å². The molecule has 0 bridgehead atoms.